The van der Waals surface area contributed by atoms with Crippen LogP contribution in [0.5, 0.6) is 5.75 Å². The highest BCUT2D eigenvalue weighted by Crippen LogP contribution is 2.30. The standard InChI is InChI=1S/C10H10BNO3/c12-8-5-1-3-7-4-2-6-9(10(7)8)15-11(13)14/h1-6,13-14H,12H2. The molecule has 2 aromatic rings. The van der Waals surface area contributed by atoms with Crippen molar-refractivity contribution < 1.29 is 14.7 Å². The second-order valence-electron chi connectivity index (χ2n) is 3.15. The number of hydrogen-bond donors (Lipinski definition) is 3. The van der Waals surface area contributed by atoms with E-state index in [4.69, 9.17) is 20.4 Å². The smallest absolute Gasteiger partial charge is 0.511 e. The van der Waals surface area contributed by atoms with E-state index in [9.17, 15) is 0 Å². The molecular formula is C10H10BNO3. The van der Waals surface area contributed by atoms with Crippen LogP contribution in [0.1, 0.15) is 0 Å². The molecule has 2 aromatic carbocycles. The molecule has 0 bridgehead atoms. The molecule has 0 atom stereocenters. The van der Waals surface area contributed by atoms with Gasteiger partial charge in [0.15, 0.2) is 0 Å². The third-order valence-corrected chi connectivity index (χ3v) is 2.13. The molecular weight excluding hydrogens is 193 g/mol. The Morgan fingerprint density at radius 2 is 1.73 bits per heavy atom. The van der Waals surface area contributed by atoms with Crippen molar-refractivity contribution >= 4 is 23.8 Å². The van der Waals surface area contributed by atoms with Crippen LogP contribution in [0.15, 0.2) is 36.4 Å². The van der Waals surface area contributed by atoms with Crippen LogP contribution >= 0.6 is 0 Å². The van der Waals surface area contributed by atoms with E-state index in [0.29, 0.717) is 16.8 Å². The lowest BCUT2D eigenvalue weighted by Crippen LogP contribution is -2.20. The number of fused-ring (bicyclic) bond motifs is 1. The zero-order valence-corrected chi connectivity index (χ0v) is 7.92. The van der Waals surface area contributed by atoms with Crippen molar-refractivity contribution in [2.24, 2.45) is 0 Å². The molecule has 0 aliphatic rings. The van der Waals surface area contributed by atoms with Crippen LogP contribution in [0.2, 0.25) is 0 Å². The first kappa shape index (κ1) is 9.83. The number of benzene rings is 2. The minimum Gasteiger partial charge on any atom is -0.511 e. The van der Waals surface area contributed by atoms with Gasteiger partial charge in [0.2, 0.25) is 0 Å². The predicted molar refractivity (Wildman–Crippen MR) is 59.2 cm³/mol. The van der Waals surface area contributed by atoms with Gasteiger partial charge >= 0.3 is 7.32 Å². The van der Waals surface area contributed by atoms with Crippen LogP contribution in [-0.2, 0) is 0 Å². The summed E-state index contributed by atoms with van der Waals surface area (Å²) in [6.45, 7) is 0. The highest BCUT2D eigenvalue weighted by molar-refractivity contribution is 6.34. The average molecular weight is 203 g/mol. The summed E-state index contributed by atoms with van der Waals surface area (Å²) in [7, 11) is -1.84. The number of anilines is 1. The first-order chi connectivity index (χ1) is 7.18. The van der Waals surface area contributed by atoms with Gasteiger partial charge in [0.1, 0.15) is 5.75 Å². The molecule has 0 saturated carbocycles. The molecule has 15 heavy (non-hydrogen) atoms. The zero-order valence-electron chi connectivity index (χ0n) is 7.92. The van der Waals surface area contributed by atoms with E-state index in [1.807, 2.05) is 18.2 Å². The minimum absolute atomic E-state index is 0.362. The fourth-order valence-corrected chi connectivity index (χ4v) is 1.55. The highest BCUT2D eigenvalue weighted by atomic mass is 16.6. The van der Waals surface area contributed by atoms with E-state index in [-0.39, 0.29) is 0 Å². The first-order valence-electron chi connectivity index (χ1n) is 4.48. The van der Waals surface area contributed by atoms with Crippen LogP contribution in [0.3, 0.4) is 0 Å². The van der Waals surface area contributed by atoms with Crippen molar-refractivity contribution in [1.29, 1.82) is 0 Å². The van der Waals surface area contributed by atoms with Crippen molar-refractivity contribution in [3.63, 3.8) is 0 Å². The summed E-state index contributed by atoms with van der Waals surface area (Å²) in [5.74, 6) is 0.362. The van der Waals surface area contributed by atoms with Crippen molar-refractivity contribution in [2.75, 3.05) is 5.73 Å². The van der Waals surface area contributed by atoms with Gasteiger partial charge in [-0.15, -0.1) is 0 Å². The number of rotatable bonds is 2. The Balaban J connectivity index is 2.63. The Kier molecular flexibility index (Phi) is 2.49. The molecule has 2 rings (SSSR count). The lowest BCUT2D eigenvalue weighted by Gasteiger charge is -2.09. The van der Waals surface area contributed by atoms with Gasteiger partial charge in [0.05, 0.1) is 0 Å². The topological polar surface area (TPSA) is 75.7 Å². The predicted octanol–water partition coefficient (Wildman–Crippen LogP) is 0.770. The second kappa shape index (κ2) is 3.80. The van der Waals surface area contributed by atoms with Gasteiger partial charge in [-0.3, -0.25) is 0 Å². The summed E-state index contributed by atoms with van der Waals surface area (Å²) in [4.78, 5) is 0. The molecule has 0 radical (unpaired) electrons. The maximum atomic E-state index is 8.75. The van der Waals surface area contributed by atoms with Gasteiger partial charge < -0.3 is 20.4 Å². The summed E-state index contributed by atoms with van der Waals surface area (Å²) in [6.07, 6.45) is 0. The second-order valence-corrected chi connectivity index (χ2v) is 3.15. The Morgan fingerprint density at radius 3 is 2.40 bits per heavy atom. The molecule has 0 saturated heterocycles. The van der Waals surface area contributed by atoms with Gasteiger partial charge in [-0.1, -0.05) is 24.3 Å². The van der Waals surface area contributed by atoms with Crippen molar-refractivity contribution in [1.82, 2.24) is 0 Å². The summed E-state index contributed by atoms with van der Waals surface area (Å²) >= 11 is 0. The monoisotopic (exact) mass is 203 g/mol. The molecule has 5 heteroatoms. The van der Waals surface area contributed by atoms with Crippen LogP contribution < -0.4 is 10.4 Å². The third-order valence-electron chi connectivity index (χ3n) is 2.13. The van der Waals surface area contributed by atoms with E-state index >= 15 is 0 Å². The lowest BCUT2D eigenvalue weighted by molar-refractivity contribution is 0.289. The Labute approximate surface area is 87.1 Å². The van der Waals surface area contributed by atoms with E-state index in [2.05, 4.69) is 0 Å². The lowest BCUT2D eigenvalue weighted by atomic mass is 10.1. The van der Waals surface area contributed by atoms with Gasteiger partial charge in [-0.05, 0) is 17.5 Å². The zero-order chi connectivity index (χ0) is 10.8. The van der Waals surface area contributed by atoms with Crippen LogP contribution in [0.4, 0.5) is 5.69 Å². The van der Waals surface area contributed by atoms with E-state index < -0.39 is 7.32 Å². The maximum Gasteiger partial charge on any atom is 0.707 e. The molecule has 0 aromatic heterocycles. The fraction of sp³-hybridized carbons (Fsp3) is 0. The first-order valence-corrected chi connectivity index (χ1v) is 4.48. The van der Waals surface area contributed by atoms with Crippen molar-refractivity contribution in [3.05, 3.63) is 36.4 Å². The Hall–Kier alpha value is -1.72. The van der Waals surface area contributed by atoms with Gasteiger partial charge in [-0.2, -0.15) is 0 Å². The molecule has 4 nitrogen and oxygen atoms in total. The summed E-state index contributed by atoms with van der Waals surface area (Å²) in [5.41, 5.74) is 6.33. The third kappa shape index (κ3) is 1.88. The number of hydrogen-bond acceptors (Lipinski definition) is 4. The molecule has 0 heterocycles. The molecule has 4 N–H and O–H groups in total. The van der Waals surface area contributed by atoms with E-state index in [1.54, 1.807) is 18.2 Å². The molecule has 0 spiro atoms. The van der Waals surface area contributed by atoms with E-state index in [0.717, 1.165) is 5.39 Å². The molecule has 0 unspecified atom stereocenters. The normalized spacial score (nSPS) is 10.3. The van der Waals surface area contributed by atoms with Crippen LogP contribution in [-0.4, -0.2) is 17.4 Å². The summed E-state index contributed by atoms with van der Waals surface area (Å²) in [6, 6.07) is 10.7. The number of nitrogens with two attached hydrogens (primary N) is 1. The number of nitrogen functional groups attached to an aromatic ring is 1. The maximum absolute atomic E-state index is 8.75. The van der Waals surface area contributed by atoms with Crippen LogP contribution in [0.25, 0.3) is 10.8 Å². The van der Waals surface area contributed by atoms with E-state index in [1.165, 1.54) is 0 Å². The Morgan fingerprint density at radius 1 is 1.07 bits per heavy atom. The highest BCUT2D eigenvalue weighted by Gasteiger charge is 2.14. The van der Waals surface area contributed by atoms with Gasteiger partial charge in [0, 0.05) is 11.1 Å². The summed E-state index contributed by atoms with van der Waals surface area (Å²) < 4.78 is 4.84. The summed E-state index contributed by atoms with van der Waals surface area (Å²) in [5, 5.41) is 19.1. The molecule has 0 aliphatic heterocycles. The quantitative estimate of drug-likeness (QED) is 0.497. The van der Waals surface area contributed by atoms with Gasteiger partial charge in [0.25, 0.3) is 0 Å². The Bertz CT molecular complexity index is 482. The van der Waals surface area contributed by atoms with Crippen molar-refractivity contribution in [3.8, 4) is 5.75 Å². The molecule has 0 fully saturated rings. The molecule has 0 aliphatic carbocycles. The minimum atomic E-state index is -1.84. The van der Waals surface area contributed by atoms with Crippen LogP contribution in [0, 0.1) is 0 Å². The average Bonchev–Trinajstić information content (AvgIpc) is 2.17. The largest absolute Gasteiger partial charge is 0.707 e. The van der Waals surface area contributed by atoms with Gasteiger partial charge in [-0.25, -0.2) is 0 Å². The molecule has 76 valence electrons. The van der Waals surface area contributed by atoms with Crippen molar-refractivity contribution in [2.45, 2.75) is 0 Å². The molecule has 0 amide bonds. The fourth-order valence-electron chi connectivity index (χ4n) is 1.55. The SMILES string of the molecule is Nc1cccc2cccc(OB(O)O)c12.